The molecule has 0 saturated carbocycles. The van der Waals surface area contributed by atoms with E-state index in [1.165, 1.54) is 0 Å². The van der Waals surface area contributed by atoms with Gasteiger partial charge in [0.05, 0.1) is 0 Å². The van der Waals surface area contributed by atoms with Crippen molar-refractivity contribution >= 4 is 5.69 Å². The van der Waals surface area contributed by atoms with Crippen LogP contribution < -0.4 is 15.8 Å². The Balaban J connectivity index is 2.02. The molecule has 3 N–H and O–H groups in total. The summed E-state index contributed by atoms with van der Waals surface area (Å²) in [6, 6.07) is 7.52. The summed E-state index contributed by atoms with van der Waals surface area (Å²) in [5, 5.41) is 3.14. The van der Waals surface area contributed by atoms with Gasteiger partial charge >= 0.3 is 0 Å². The lowest BCUT2D eigenvalue weighted by Gasteiger charge is -2.27. The van der Waals surface area contributed by atoms with Gasteiger partial charge in [0.25, 0.3) is 0 Å². The second-order valence-electron chi connectivity index (χ2n) is 2.97. The van der Waals surface area contributed by atoms with Gasteiger partial charge in [-0.15, -0.1) is 0 Å². The fourth-order valence-electron chi connectivity index (χ4n) is 1.13. The van der Waals surface area contributed by atoms with Gasteiger partial charge < -0.3 is 15.8 Å². The van der Waals surface area contributed by atoms with Gasteiger partial charge in [0.1, 0.15) is 11.9 Å². The predicted molar refractivity (Wildman–Crippen MR) is 48.1 cm³/mol. The fraction of sp³-hybridized carbons (Fsp3) is 0.333. The second kappa shape index (κ2) is 3.03. The van der Waals surface area contributed by atoms with Crippen molar-refractivity contribution in [2.45, 2.75) is 6.10 Å². The van der Waals surface area contributed by atoms with E-state index in [1.807, 2.05) is 24.3 Å². The molecule has 1 aliphatic heterocycles. The molecule has 3 nitrogen and oxygen atoms in total. The Kier molecular flexibility index (Phi) is 1.87. The normalized spacial score (nSPS) is 17.0. The topological polar surface area (TPSA) is 47.3 Å². The van der Waals surface area contributed by atoms with Crippen LogP contribution in [0.1, 0.15) is 0 Å². The number of nitrogen functional groups attached to an aromatic ring is 1. The van der Waals surface area contributed by atoms with Gasteiger partial charge in [-0.1, -0.05) is 6.07 Å². The number of nitrogens with two attached hydrogens (primary N) is 1. The molecule has 0 bridgehead atoms. The molecule has 1 saturated heterocycles. The van der Waals surface area contributed by atoms with Crippen LogP contribution in [0.4, 0.5) is 5.69 Å². The Bertz CT molecular complexity index is 271. The number of anilines is 1. The maximum Gasteiger partial charge on any atom is 0.123 e. The maximum absolute atomic E-state index is 5.60. The third-order valence-electron chi connectivity index (χ3n) is 1.90. The third kappa shape index (κ3) is 1.51. The lowest BCUT2D eigenvalue weighted by Crippen LogP contribution is -2.50. The molecule has 1 fully saturated rings. The standard InChI is InChI=1S/C9H12N2O/c10-7-2-1-3-8(4-7)12-9-5-11-6-9/h1-4,9,11H,5-6,10H2. The van der Waals surface area contributed by atoms with Crippen molar-refractivity contribution in [3.63, 3.8) is 0 Å². The first-order valence-electron chi connectivity index (χ1n) is 4.07. The molecule has 1 aromatic carbocycles. The zero-order chi connectivity index (χ0) is 8.39. The monoisotopic (exact) mass is 164 g/mol. The highest BCUT2D eigenvalue weighted by molar-refractivity contribution is 5.43. The highest BCUT2D eigenvalue weighted by Gasteiger charge is 2.17. The van der Waals surface area contributed by atoms with Crippen molar-refractivity contribution in [1.29, 1.82) is 0 Å². The van der Waals surface area contributed by atoms with Gasteiger partial charge in [0.15, 0.2) is 0 Å². The number of benzene rings is 1. The van der Waals surface area contributed by atoms with Crippen LogP contribution in [0, 0.1) is 0 Å². The largest absolute Gasteiger partial charge is 0.488 e. The summed E-state index contributed by atoms with van der Waals surface area (Å²) >= 11 is 0. The van der Waals surface area contributed by atoms with Crippen LogP contribution in [0.25, 0.3) is 0 Å². The highest BCUT2D eigenvalue weighted by Crippen LogP contribution is 2.16. The SMILES string of the molecule is Nc1cccc(OC2CNC2)c1. The van der Waals surface area contributed by atoms with E-state index in [0.717, 1.165) is 24.5 Å². The van der Waals surface area contributed by atoms with Crippen molar-refractivity contribution in [2.24, 2.45) is 0 Å². The summed E-state index contributed by atoms with van der Waals surface area (Å²) in [4.78, 5) is 0. The van der Waals surface area contributed by atoms with E-state index in [-0.39, 0.29) is 0 Å². The fourth-order valence-corrected chi connectivity index (χ4v) is 1.13. The molecule has 12 heavy (non-hydrogen) atoms. The summed E-state index contributed by atoms with van der Waals surface area (Å²) in [6.07, 6.45) is 0.326. The molecule has 64 valence electrons. The average Bonchev–Trinajstić information content (AvgIpc) is 1.97. The summed E-state index contributed by atoms with van der Waals surface area (Å²) in [5.41, 5.74) is 6.35. The molecule has 0 radical (unpaired) electrons. The van der Waals surface area contributed by atoms with E-state index in [1.54, 1.807) is 0 Å². The van der Waals surface area contributed by atoms with E-state index in [9.17, 15) is 0 Å². The minimum Gasteiger partial charge on any atom is -0.488 e. The molecule has 0 spiro atoms. The molecule has 3 heteroatoms. The van der Waals surface area contributed by atoms with Crippen LogP contribution in [-0.4, -0.2) is 19.2 Å². The zero-order valence-electron chi connectivity index (χ0n) is 6.79. The molecule has 0 aliphatic carbocycles. The maximum atomic E-state index is 5.60. The number of nitrogens with one attached hydrogen (secondary N) is 1. The molecule has 2 rings (SSSR count). The van der Waals surface area contributed by atoms with Gasteiger partial charge in [0, 0.05) is 24.8 Å². The Morgan fingerprint density at radius 3 is 2.83 bits per heavy atom. The van der Waals surface area contributed by atoms with Gasteiger partial charge in [-0.05, 0) is 12.1 Å². The molecule has 0 amide bonds. The van der Waals surface area contributed by atoms with Crippen molar-refractivity contribution < 1.29 is 4.74 Å². The summed E-state index contributed by atoms with van der Waals surface area (Å²) < 4.78 is 5.59. The van der Waals surface area contributed by atoms with Crippen LogP contribution in [0.2, 0.25) is 0 Å². The van der Waals surface area contributed by atoms with Crippen molar-refractivity contribution in [2.75, 3.05) is 18.8 Å². The Labute approximate surface area is 71.5 Å². The van der Waals surface area contributed by atoms with E-state index >= 15 is 0 Å². The predicted octanol–water partition coefficient (Wildman–Crippen LogP) is 0.619. The van der Waals surface area contributed by atoms with Gasteiger partial charge in [-0.2, -0.15) is 0 Å². The summed E-state index contributed by atoms with van der Waals surface area (Å²) in [7, 11) is 0. The first-order chi connectivity index (χ1) is 5.84. The van der Waals surface area contributed by atoms with E-state index in [0.29, 0.717) is 6.10 Å². The van der Waals surface area contributed by atoms with Crippen LogP contribution in [0.3, 0.4) is 0 Å². The second-order valence-corrected chi connectivity index (χ2v) is 2.97. The highest BCUT2D eigenvalue weighted by atomic mass is 16.5. The number of ether oxygens (including phenoxy) is 1. The van der Waals surface area contributed by atoms with Gasteiger partial charge in [0.2, 0.25) is 0 Å². The van der Waals surface area contributed by atoms with Crippen LogP contribution in [0.5, 0.6) is 5.75 Å². The van der Waals surface area contributed by atoms with Crippen molar-refractivity contribution in [3.05, 3.63) is 24.3 Å². The van der Waals surface area contributed by atoms with E-state index in [2.05, 4.69) is 5.32 Å². The molecular weight excluding hydrogens is 152 g/mol. The molecule has 0 unspecified atom stereocenters. The van der Waals surface area contributed by atoms with Crippen LogP contribution in [-0.2, 0) is 0 Å². The molecule has 1 aromatic rings. The van der Waals surface area contributed by atoms with Crippen molar-refractivity contribution in [1.82, 2.24) is 5.32 Å². The minimum absolute atomic E-state index is 0.326. The molecule has 1 heterocycles. The Morgan fingerprint density at radius 2 is 2.25 bits per heavy atom. The molecule has 1 aliphatic rings. The Hall–Kier alpha value is -1.22. The Morgan fingerprint density at radius 1 is 1.42 bits per heavy atom. The minimum atomic E-state index is 0.326. The molecule has 0 aromatic heterocycles. The van der Waals surface area contributed by atoms with Crippen LogP contribution in [0.15, 0.2) is 24.3 Å². The number of hydrogen-bond acceptors (Lipinski definition) is 3. The summed E-state index contributed by atoms with van der Waals surface area (Å²) in [5.74, 6) is 0.863. The van der Waals surface area contributed by atoms with Gasteiger partial charge in [-0.25, -0.2) is 0 Å². The zero-order valence-corrected chi connectivity index (χ0v) is 6.79. The smallest absolute Gasteiger partial charge is 0.123 e. The van der Waals surface area contributed by atoms with Crippen molar-refractivity contribution in [3.8, 4) is 5.75 Å². The lowest BCUT2D eigenvalue weighted by molar-refractivity contribution is 0.142. The average molecular weight is 164 g/mol. The first kappa shape index (κ1) is 7.43. The first-order valence-corrected chi connectivity index (χ1v) is 4.07. The summed E-state index contributed by atoms with van der Waals surface area (Å²) in [6.45, 7) is 1.88. The molecule has 0 atom stereocenters. The van der Waals surface area contributed by atoms with E-state index in [4.69, 9.17) is 10.5 Å². The third-order valence-corrected chi connectivity index (χ3v) is 1.90. The quantitative estimate of drug-likeness (QED) is 0.630. The molecular formula is C9H12N2O. The lowest BCUT2D eigenvalue weighted by atomic mass is 10.2. The van der Waals surface area contributed by atoms with E-state index < -0.39 is 0 Å². The number of rotatable bonds is 2. The number of hydrogen-bond donors (Lipinski definition) is 2. The van der Waals surface area contributed by atoms with Gasteiger partial charge in [-0.3, -0.25) is 0 Å². The van der Waals surface area contributed by atoms with Crippen LogP contribution >= 0.6 is 0 Å².